The van der Waals surface area contributed by atoms with E-state index in [0.29, 0.717) is 30.6 Å². The molecule has 3 rings (SSSR count). The Morgan fingerprint density at radius 3 is 2.81 bits per heavy atom. The average molecular weight is 377 g/mol. The van der Waals surface area contributed by atoms with E-state index in [4.69, 9.17) is 0 Å². The number of fused-ring (bicyclic) bond motifs is 1. The van der Waals surface area contributed by atoms with Crippen molar-refractivity contribution in [3.63, 3.8) is 0 Å². The highest BCUT2D eigenvalue weighted by atomic mass is 32.2. The van der Waals surface area contributed by atoms with E-state index < -0.39 is 22.6 Å². The lowest BCUT2D eigenvalue weighted by Crippen LogP contribution is -2.45. The number of carbonyl (C=O) groups excluding carboxylic acids is 3. The van der Waals surface area contributed by atoms with Gasteiger partial charge in [0.2, 0.25) is 0 Å². The zero-order chi connectivity index (χ0) is 18.7. The Kier molecular flexibility index (Phi) is 5.70. The monoisotopic (exact) mass is 377 g/mol. The SMILES string of the molecule is CS(=O)C1CCCC(NC(=O)C(=O)Nc2ccc3c(c2)CCNC3=O)C1. The Bertz CT molecular complexity index is 765. The van der Waals surface area contributed by atoms with Crippen LogP contribution in [0.15, 0.2) is 18.2 Å². The Morgan fingerprint density at radius 2 is 2.04 bits per heavy atom. The maximum absolute atomic E-state index is 12.2. The smallest absolute Gasteiger partial charge is 0.313 e. The molecule has 0 saturated heterocycles. The molecular formula is C18H23N3O4S. The molecule has 1 aromatic carbocycles. The van der Waals surface area contributed by atoms with E-state index in [-0.39, 0.29) is 17.2 Å². The van der Waals surface area contributed by atoms with Crippen LogP contribution in [0, 0.1) is 0 Å². The molecule has 8 heteroatoms. The third kappa shape index (κ3) is 4.30. The van der Waals surface area contributed by atoms with Gasteiger partial charge in [0, 0.05) is 46.1 Å². The molecule has 0 bridgehead atoms. The van der Waals surface area contributed by atoms with Gasteiger partial charge in [0.1, 0.15) is 0 Å². The van der Waals surface area contributed by atoms with Gasteiger partial charge in [-0.2, -0.15) is 0 Å². The first-order chi connectivity index (χ1) is 12.4. The summed E-state index contributed by atoms with van der Waals surface area (Å²) in [5.74, 6) is -1.54. The van der Waals surface area contributed by atoms with Gasteiger partial charge >= 0.3 is 11.8 Å². The summed E-state index contributed by atoms with van der Waals surface area (Å²) in [7, 11) is -0.919. The molecule has 7 nitrogen and oxygen atoms in total. The van der Waals surface area contributed by atoms with Gasteiger partial charge in [-0.25, -0.2) is 0 Å². The molecule has 3 amide bonds. The quantitative estimate of drug-likeness (QED) is 0.675. The molecule has 1 saturated carbocycles. The van der Waals surface area contributed by atoms with Gasteiger partial charge in [-0.05, 0) is 49.4 Å². The summed E-state index contributed by atoms with van der Waals surface area (Å²) < 4.78 is 11.6. The topological polar surface area (TPSA) is 104 Å². The van der Waals surface area contributed by atoms with Gasteiger partial charge in [-0.3, -0.25) is 18.6 Å². The van der Waals surface area contributed by atoms with Gasteiger partial charge < -0.3 is 16.0 Å². The van der Waals surface area contributed by atoms with E-state index in [1.807, 2.05) is 0 Å². The van der Waals surface area contributed by atoms with Crippen molar-refractivity contribution < 1.29 is 18.6 Å². The summed E-state index contributed by atoms with van der Waals surface area (Å²) in [6.07, 6.45) is 5.58. The molecule has 26 heavy (non-hydrogen) atoms. The molecule has 1 heterocycles. The summed E-state index contributed by atoms with van der Waals surface area (Å²) in [5, 5.41) is 8.17. The largest absolute Gasteiger partial charge is 0.352 e. The van der Waals surface area contributed by atoms with Crippen LogP contribution in [0.3, 0.4) is 0 Å². The van der Waals surface area contributed by atoms with E-state index in [2.05, 4.69) is 16.0 Å². The van der Waals surface area contributed by atoms with E-state index in [1.165, 1.54) is 0 Å². The minimum atomic E-state index is -0.919. The Labute approximate surface area is 154 Å². The molecule has 0 aromatic heterocycles. The molecule has 1 aromatic rings. The molecule has 3 N–H and O–H groups in total. The van der Waals surface area contributed by atoms with Crippen molar-refractivity contribution in [1.82, 2.24) is 10.6 Å². The van der Waals surface area contributed by atoms with E-state index >= 15 is 0 Å². The number of benzene rings is 1. The summed E-state index contributed by atoms with van der Waals surface area (Å²) in [6.45, 7) is 0.561. The molecular weight excluding hydrogens is 354 g/mol. The lowest BCUT2D eigenvalue weighted by atomic mass is 9.95. The Morgan fingerprint density at radius 1 is 1.23 bits per heavy atom. The van der Waals surface area contributed by atoms with Crippen LogP contribution in [0.1, 0.15) is 41.6 Å². The van der Waals surface area contributed by atoms with Crippen LogP contribution in [0.4, 0.5) is 5.69 Å². The molecule has 1 fully saturated rings. The molecule has 1 aliphatic heterocycles. The second-order valence-corrected chi connectivity index (χ2v) is 8.45. The van der Waals surface area contributed by atoms with E-state index in [9.17, 15) is 18.6 Å². The Hall–Kier alpha value is -2.22. The van der Waals surface area contributed by atoms with Gasteiger partial charge in [-0.1, -0.05) is 6.42 Å². The lowest BCUT2D eigenvalue weighted by molar-refractivity contribution is -0.136. The highest BCUT2D eigenvalue weighted by Gasteiger charge is 2.27. The first-order valence-electron chi connectivity index (χ1n) is 8.79. The van der Waals surface area contributed by atoms with Crippen molar-refractivity contribution >= 4 is 34.2 Å². The summed E-state index contributed by atoms with van der Waals surface area (Å²) in [5.41, 5.74) is 1.95. The van der Waals surface area contributed by atoms with Gasteiger partial charge in [0.25, 0.3) is 5.91 Å². The number of anilines is 1. The highest BCUT2D eigenvalue weighted by Crippen LogP contribution is 2.22. The van der Waals surface area contributed by atoms with Crippen LogP contribution < -0.4 is 16.0 Å². The molecule has 2 aliphatic rings. The van der Waals surface area contributed by atoms with Crippen molar-refractivity contribution in [3.8, 4) is 0 Å². The van der Waals surface area contributed by atoms with Crippen LogP contribution in [0.25, 0.3) is 0 Å². The fraction of sp³-hybridized carbons (Fsp3) is 0.500. The summed E-state index contributed by atoms with van der Waals surface area (Å²) in [4.78, 5) is 36.1. The number of rotatable bonds is 3. The van der Waals surface area contributed by atoms with Crippen LogP contribution >= 0.6 is 0 Å². The molecule has 0 radical (unpaired) electrons. The highest BCUT2D eigenvalue weighted by molar-refractivity contribution is 7.84. The average Bonchev–Trinajstić information content (AvgIpc) is 2.62. The minimum absolute atomic E-state index is 0.0731. The van der Waals surface area contributed by atoms with Crippen LogP contribution in [-0.4, -0.2) is 46.0 Å². The van der Waals surface area contributed by atoms with Crippen molar-refractivity contribution in [2.45, 2.75) is 43.4 Å². The summed E-state index contributed by atoms with van der Waals surface area (Å²) >= 11 is 0. The van der Waals surface area contributed by atoms with E-state index in [0.717, 1.165) is 24.8 Å². The van der Waals surface area contributed by atoms with Crippen LogP contribution in [-0.2, 0) is 26.8 Å². The lowest BCUT2D eigenvalue weighted by Gasteiger charge is -2.28. The molecule has 0 spiro atoms. The van der Waals surface area contributed by atoms with Gasteiger partial charge in [0.05, 0.1) is 0 Å². The second-order valence-electron chi connectivity index (χ2n) is 6.79. The Balaban J connectivity index is 1.58. The van der Waals surface area contributed by atoms with Crippen LogP contribution in [0.5, 0.6) is 0 Å². The fourth-order valence-electron chi connectivity index (χ4n) is 3.52. The van der Waals surface area contributed by atoms with Crippen molar-refractivity contribution in [3.05, 3.63) is 29.3 Å². The number of nitrogens with one attached hydrogen (secondary N) is 3. The second kappa shape index (κ2) is 7.99. The van der Waals surface area contributed by atoms with E-state index in [1.54, 1.807) is 24.5 Å². The number of hydrogen-bond acceptors (Lipinski definition) is 4. The van der Waals surface area contributed by atoms with Crippen molar-refractivity contribution in [1.29, 1.82) is 0 Å². The zero-order valence-corrected chi connectivity index (χ0v) is 15.5. The minimum Gasteiger partial charge on any atom is -0.352 e. The zero-order valence-electron chi connectivity index (χ0n) is 14.7. The van der Waals surface area contributed by atoms with Crippen molar-refractivity contribution in [2.24, 2.45) is 0 Å². The predicted molar refractivity (Wildman–Crippen MR) is 99.4 cm³/mol. The first-order valence-corrected chi connectivity index (χ1v) is 10.4. The fourth-order valence-corrected chi connectivity index (χ4v) is 4.52. The third-order valence-electron chi connectivity index (χ3n) is 4.92. The maximum Gasteiger partial charge on any atom is 0.313 e. The van der Waals surface area contributed by atoms with Crippen LogP contribution in [0.2, 0.25) is 0 Å². The van der Waals surface area contributed by atoms with Gasteiger partial charge in [0.15, 0.2) is 0 Å². The standard InChI is InChI=1S/C18H23N3O4S/c1-26(25)14-4-2-3-12(10-14)20-17(23)18(24)21-13-5-6-15-11(9-13)7-8-19-16(15)22/h5-6,9,12,14H,2-4,7-8,10H2,1H3,(H,19,22)(H,20,23)(H,21,24). The maximum atomic E-state index is 12.2. The van der Waals surface area contributed by atoms with Gasteiger partial charge in [-0.15, -0.1) is 0 Å². The van der Waals surface area contributed by atoms with Crippen molar-refractivity contribution in [2.75, 3.05) is 18.1 Å². The normalized spacial score (nSPS) is 23.3. The molecule has 140 valence electrons. The predicted octanol–water partition coefficient (Wildman–Crippen LogP) is 0.717. The molecule has 3 unspecified atom stereocenters. The number of carbonyl (C=O) groups is 3. The molecule has 3 atom stereocenters. The number of amides is 3. The summed E-state index contributed by atoms with van der Waals surface area (Å²) in [6, 6.07) is 4.88. The first kappa shape index (κ1) is 18.6. The number of hydrogen-bond donors (Lipinski definition) is 3. The molecule has 1 aliphatic carbocycles. The third-order valence-corrected chi connectivity index (χ3v) is 6.29.